The maximum Gasteiger partial charge on any atom is 0.344 e. The molecular formula is C11H9FN2O2. The number of benzene rings is 1. The van der Waals surface area contributed by atoms with Crippen LogP contribution < -0.4 is 10.4 Å². The third kappa shape index (κ3) is 1.93. The number of hydrogen-bond donors (Lipinski definition) is 1. The summed E-state index contributed by atoms with van der Waals surface area (Å²) in [5.41, 5.74) is 0.834. The monoisotopic (exact) mass is 220 g/mol. The van der Waals surface area contributed by atoms with Crippen molar-refractivity contribution >= 4 is 0 Å². The fourth-order valence-electron chi connectivity index (χ4n) is 1.35. The van der Waals surface area contributed by atoms with E-state index in [4.69, 9.17) is 4.74 Å². The zero-order valence-corrected chi connectivity index (χ0v) is 8.53. The van der Waals surface area contributed by atoms with Gasteiger partial charge in [0.25, 0.3) is 0 Å². The van der Waals surface area contributed by atoms with Gasteiger partial charge in [0.1, 0.15) is 0 Å². The first-order valence-corrected chi connectivity index (χ1v) is 4.59. The normalized spacial score (nSPS) is 10.1. The first kappa shape index (κ1) is 10.4. The highest BCUT2D eigenvalue weighted by Gasteiger charge is 2.05. The standard InChI is InChI=1S/C11H9FN2O2/c1-16-10-3-2-7(4-9(10)12)8-5-13-11(15)14-6-8/h2-6H,1H3,(H,13,14,15). The minimum absolute atomic E-state index is 0.182. The number of aromatic amines is 1. The molecule has 0 aliphatic carbocycles. The molecule has 0 radical (unpaired) electrons. The molecule has 2 rings (SSSR count). The molecule has 1 aromatic heterocycles. The van der Waals surface area contributed by atoms with Crippen molar-refractivity contribution in [3.05, 3.63) is 46.9 Å². The summed E-state index contributed by atoms with van der Waals surface area (Å²) in [5, 5.41) is 0. The SMILES string of the molecule is COc1ccc(-c2cnc(=O)[nH]c2)cc1F. The number of hydrogen-bond acceptors (Lipinski definition) is 3. The molecule has 82 valence electrons. The summed E-state index contributed by atoms with van der Waals surface area (Å²) in [6, 6.07) is 4.54. The fourth-order valence-corrected chi connectivity index (χ4v) is 1.35. The second kappa shape index (κ2) is 4.14. The second-order valence-corrected chi connectivity index (χ2v) is 3.16. The Hall–Kier alpha value is -2.17. The lowest BCUT2D eigenvalue weighted by Gasteiger charge is -2.04. The van der Waals surface area contributed by atoms with E-state index in [1.807, 2.05) is 0 Å². The lowest BCUT2D eigenvalue weighted by molar-refractivity contribution is 0.386. The lowest BCUT2D eigenvalue weighted by atomic mass is 10.1. The zero-order chi connectivity index (χ0) is 11.5. The van der Waals surface area contributed by atoms with E-state index in [9.17, 15) is 9.18 Å². The Balaban J connectivity index is 2.45. The summed E-state index contributed by atoms with van der Waals surface area (Å²) in [5.74, 6) is -0.271. The molecule has 0 saturated heterocycles. The minimum Gasteiger partial charge on any atom is -0.494 e. The smallest absolute Gasteiger partial charge is 0.344 e. The van der Waals surface area contributed by atoms with Gasteiger partial charge in [-0.25, -0.2) is 14.2 Å². The van der Waals surface area contributed by atoms with E-state index >= 15 is 0 Å². The quantitative estimate of drug-likeness (QED) is 0.836. The highest BCUT2D eigenvalue weighted by molar-refractivity contribution is 5.62. The van der Waals surface area contributed by atoms with Crippen molar-refractivity contribution < 1.29 is 9.13 Å². The van der Waals surface area contributed by atoms with Gasteiger partial charge in [-0.05, 0) is 17.7 Å². The van der Waals surface area contributed by atoms with Gasteiger partial charge in [-0.2, -0.15) is 0 Å². The number of rotatable bonds is 2. The summed E-state index contributed by atoms with van der Waals surface area (Å²) in [6.07, 6.45) is 2.87. The third-order valence-corrected chi connectivity index (χ3v) is 2.16. The Morgan fingerprint density at radius 3 is 2.75 bits per heavy atom. The van der Waals surface area contributed by atoms with Gasteiger partial charge in [0.15, 0.2) is 11.6 Å². The number of nitrogens with zero attached hydrogens (tertiary/aromatic N) is 1. The molecule has 0 saturated carbocycles. The molecule has 0 amide bonds. The van der Waals surface area contributed by atoms with Gasteiger partial charge in [-0.3, -0.25) is 0 Å². The van der Waals surface area contributed by atoms with Crippen LogP contribution in [-0.2, 0) is 0 Å². The second-order valence-electron chi connectivity index (χ2n) is 3.16. The Labute approximate surface area is 90.7 Å². The number of ether oxygens (including phenoxy) is 1. The van der Waals surface area contributed by atoms with Crippen LogP contribution in [0.15, 0.2) is 35.4 Å². The summed E-state index contributed by atoms with van der Waals surface area (Å²) < 4.78 is 18.2. The van der Waals surface area contributed by atoms with Crippen LogP contribution in [0.4, 0.5) is 4.39 Å². The number of aromatic nitrogens is 2. The molecule has 0 aliphatic rings. The van der Waals surface area contributed by atoms with Gasteiger partial charge in [0.05, 0.1) is 7.11 Å². The van der Waals surface area contributed by atoms with Crippen molar-refractivity contribution in [1.29, 1.82) is 0 Å². The van der Waals surface area contributed by atoms with Gasteiger partial charge in [0, 0.05) is 18.0 Å². The maximum atomic E-state index is 13.4. The van der Waals surface area contributed by atoms with Crippen molar-refractivity contribution in [2.45, 2.75) is 0 Å². The number of H-pyrrole nitrogens is 1. The third-order valence-electron chi connectivity index (χ3n) is 2.16. The van der Waals surface area contributed by atoms with Gasteiger partial charge < -0.3 is 9.72 Å². The van der Waals surface area contributed by atoms with Gasteiger partial charge in [-0.15, -0.1) is 0 Å². The molecular weight excluding hydrogens is 211 g/mol. The van der Waals surface area contributed by atoms with Crippen LogP contribution in [0.3, 0.4) is 0 Å². The average molecular weight is 220 g/mol. The van der Waals surface area contributed by atoms with E-state index in [0.29, 0.717) is 11.1 Å². The predicted octanol–water partition coefficient (Wildman–Crippen LogP) is 1.58. The topological polar surface area (TPSA) is 55.0 Å². The summed E-state index contributed by atoms with van der Waals surface area (Å²) in [7, 11) is 1.40. The Morgan fingerprint density at radius 2 is 2.19 bits per heavy atom. The predicted molar refractivity (Wildman–Crippen MR) is 56.8 cm³/mol. The average Bonchev–Trinajstić information content (AvgIpc) is 2.30. The number of methoxy groups -OCH3 is 1. The molecule has 0 bridgehead atoms. The van der Waals surface area contributed by atoms with Crippen LogP contribution in [0.2, 0.25) is 0 Å². The Bertz CT molecular complexity index is 546. The Morgan fingerprint density at radius 1 is 1.38 bits per heavy atom. The molecule has 1 aromatic carbocycles. The first-order chi connectivity index (χ1) is 7.70. The molecule has 2 aromatic rings. The number of nitrogens with one attached hydrogen (secondary N) is 1. The van der Waals surface area contributed by atoms with Crippen molar-refractivity contribution in [2.24, 2.45) is 0 Å². The summed E-state index contributed by atoms with van der Waals surface area (Å²) >= 11 is 0. The van der Waals surface area contributed by atoms with Crippen molar-refractivity contribution in [3.8, 4) is 16.9 Å². The summed E-state index contributed by atoms with van der Waals surface area (Å²) in [6.45, 7) is 0. The molecule has 0 unspecified atom stereocenters. The summed E-state index contributed by atoms with van der Waals surface area (Å²) in [4.78, 5) is 16.7. The first-order valence-electron chi connectivity index (χ1n) is 4.59. The van der Waals surface area contributed by atoms with Crippen LogP contribution >= 0.6 is 0 Å². The molecule has 1 heterocycles. The van der Waals surface area contributed by atoms with E-state index in [0.717, 1.165) is 0 Å². The highest BCUT2D eigenvalue weighted by atomic mass is 19.1. The van der Waals surface area contributed by atoms with Gasteiger partial charge >= 0.3 is 5.69 Å². The number of halogens is 1. The minimum atomic E-state index is -0.453. The molecule has 5 heteroatoms. The van der Waals surface area contributed by atoms with Crippen LogP contribution in [0.25, 0.3) is 11.1 Å². The molecule has 16 heavy (non-hydrogen) atoms. The largest absolute Gasteiger partial charge is 0.494 e. The van der Waals surface area contributed by atoms with Crippen molar-refractivity contribution in [2.75, 3.05) is 7.11 Å². The fraction of sp³-hybridized carbons (Fsp3) is 0.0909. The van der Waals surface area contributed by atoms with Crippen molar-refractivity contribution in [1.82, 2.24) is 9.97 Å². The van der Waals surface area contributed by atoms with Crippen LogP contribution in [0, 0.1) is 5.82 Å². The van der Waals surface area contributed by atoms with Crippen LogP contribution in [0.5, 0.6) is 5.75 Å². The van der Waals surface area contributed by atoms with E-state index < -0.39 is 11.5 Å². The van der Waals surface area contributed by atoms with E-state index in [1.165, 1.54) is 31.6 Å². The molecule has 0 aliphatic heterocycles. The maximum absolute atomic E-state index is 13.4. The molecule has 0 atom stereocenters. The van der Waals surface area contributed by atoms with Crippen molar-refractivity contribution in [3.63, 3.8) is 0 Å². The zero-order valence-electron chi connectivity index (χ0n) is 8.53. The van der Waals surface area contributed by atoms with E-state index in [1.54, 1.807) is 6.07 Å². The lowest BCUT2D eigenvalue weighted by Crippen LogP contribution is -2.07. The van der Waals surface area contributed by atoms with Gasteiger partial charge in [0.2, 0.25) is 0 Å². The van der Waals surface area contributed by atoms with Crippen LogP contribution in [0.1, 0.15) is 0 Å². The van der Waals surface area contributed by atoms with Gasteiger partial charge in [-0.1, -0.05) is 6.07 Å². The Kier molecular flexibility index (Phi) is 2.68. The highest BCUT2D eigenvalue weighted by Crippen LogP contribution is 2.23. The molecule has 4 nitrogen and oxygen atoms in total. The molecule has 0 fully saturated rings. The molecule has 1 N–H and O–H groups in total. The van der Waals surface area contributed by atoms with E-state index in [2.05, 4.69) is 9.97 Å². The van der Waals surface area contributed by atoms with E-state index in [-0.39, 0.29) is 5.75 Å². The molecule has 0 spiro atoms. The van der Waals surface area contributed by atoms with Crippen LogP contribution in [-0.4, -0.2) is 17.1 Å².